The highest BCUT2D eigenvalue weighted by Crippen LogP contribution is 2.36. The fourth-order valence-corrected chi connectivity index (χ4v) is 1.63. The molecule has 0 bridgehead atoms. The lowest BCUT2D eigenvalue weighted by atomic mass is 10.1. The van der Waals surface area contributed by atoms with Crippen LogP contribution < -0.4 is 0 Å². The van der Waals surface area contributed by atoms with Gasteiger partial charge < -0.3 is 0 Å². The normalized spacial score (nSPS) is 16.8. The van der Waals surface area contributed by atoms with E-state index in [1.165, 1.54) is 0 Å². The number of hydrogen-bond donors (Lipinski definition) is 0. The molecule has 0 N–H and O–H groups in total. The van der Waals surface area contributed by atoms with Crippen LogP contribution in [0.15, 0.2) is 29.8 Å². The zero-order valence-corrected chi connectivity index (χ0v) is 8.50. The van der Waals surface area contributed by atoms with Gasteiger partial charge in [-0.1, -0.05) is 29.8 Å². The zero-order chi connectivity index (χ0) is 9.97. The molecule has 1 fully saturated rings. The summed E-state index contributed by atoms with van der Waals surface area (Å²) in [5.74, 6) is 0.476. The smallest absolute Gasteiger partial charge is 0.146 e. The van der Waals surface area contributed by atoms with Crippen molar-refractivity contribution in [3.05, 3.63) is 40.4 Å². The maximum atomic E-state index is 10.8. The molecule has 0 spiro atoms. The number of carbonyl (C=O) groups is 1. The van der Waals surface area contributed by atoms with Gasteiger partial charge in [-0.15, -0.1) is 0 Å². The molecule has 1 aliphatic carbocycles. The van der Waals surface area contributed by atoms with Crippen LogP contribution in [0.4, 0.5) is 0 Å². The van der Waals surface area contributed by atoms with Crippen LogP contribution in [0.2, 0.25) is 5.02 Å². The molecule has 1 aliphatic rings. The van der Waals surface area contributed by atoms with Crippen LogP contribution in [-0.4, -0.2) is 6.29 Å². The fraction of sp³-hybridized carbons (Fsp3) is 0.250. The summed E-state index contributed by atoms with van der Waals surface area (Å²) in [5.41, 5.74) is 1.81. The molecule has 2 rings (SSSR count). The first-order chi connectivity index (χ1) is 6.81. The highest BCUT2D eigenvalue weighted by atomic mass is 35.5. The Labute approximate surface area is 88.4 Å². The minimum atomic E-state index is 0.476. The largest absolute Gasteiger partial charge is 0.298 e. The Morgan fingerprint density at radius 2 is 2.07 bits per heavy atom. The predicted molar refractivity (Wildman–Crippen MR) is 58.2 cm³/mol. The lowest BCUT2D eigenvalue weighted by Crippen LogP contribution is -1.87. The van der Waals surface area contributed by atoms with E-state index in [0.29, 0.717) is 10.9 Å². The van der Waals surface area contributed by atoms with E-state index in [1.54, 1.807) is 0 Å². The summed E-state index contributed by atoms with van der Waals surface area (Å²) >= 11 is 5.99. The molecule has 72 valence electrons. The summed E-state index contributed by atoms with van der Waals surface area (Å²) in [6.45, 7) is 0. The quantitative estimate of drug-likeness (QED) is 0.548. The summed E-state index contributed by atoms with van der Waals surface area (Å²) < 4.78 is 0. The molecule has 14 heavy (non-hydrogen) atoms. The molecule has 1 nitrogen and oxygen atoms in total. The third-order valence-corrected chi connectivity index (χ3v) is 2.76. The number of aldehydes is 1. The minimum Gasteiger partial charge on any atom is -0.298 e. The van der Waals surface area contributed by atoms with Crippen LogP contribution in [-0.2, 0) is 4.79 Å². The Morgan fingerprint density at radius 1 is 1.36 bits per heavy atom. The fourth-order valence-electron chi connectivity index (χ4n) is 1.44. The third kappa shape index (κ3) is 2.05. The van der Waals surface area contributed by atoms with Crippen LogP contribution in [0.25, 0.3) is 6.08 Å². The molecule has 1 aromatic rings. The first kappa shape index (κ1) is 9.47. The monoisotopic (exact) mass is 206 g/mol. The van der Waals surface area contributed by atoms with Crippen LogP contribution in [0.1, 0.15) is 18.4 Å². The Balaban J connectivity index is 2.30. The molecule has 0 atom stereocenters. The van der Waals surface area contributed by atoms with Gasteiger partial charge in [-0.2, -0.15) is 0 Å². The number of carbonyl (C=O) groups excluding carboxylic acids is 1. The molecule has 0 aromatic heterocycles. The molecule has 1 aromatic carbocycles. The Morgan fingerprint density at radius 3 is 2.64 bits per heavy atom. The van der Waals surface area contributed by atoms with Crippen molar-refractivity contribution < 1.29 is 4.79 Å². The number of allylic oxidation sites excluding steroid dienone is 1. The van der Waals surface area contributed by atoms with Crippen LogP contribution in [0.5, 0.6) is 0 Å². The van der Waals surface area contributed by atoms with Crippen molar-refractivity contribution in [2.45, 2.75) is 12.8 Å². The van der Waals surface area contributed by atoms with Gasteiger partial charge in [0.2, 0.25) is 0 Å². The van der Waals surface area contributed by atoms with Gasteiger partial charge >= 0.3 is 0 Å². The third-order valence-electron chi connectivity index (χ3n) is 2.41. The second-order valence-electron chi connectivity index (χ2n) is 3.56. The molecule has 0 aliphatic heterocycles. The minimum absolute atomic E-state index is 0.476. The first-order valence-corrected chi connectivity index (χ1v) is 5.10. The maximum absolute atomic E-state index is 10.8. The van der Waals surface area contributed by atoms with E-state index in [4.69, 9.17) is 11.6 Å². The number of benzene rings is 1. The van der Waals surface area contributed by atoms with Crippen molar-refractivity contribution in [2.24, 2.45) is 5.92 Å². The Bertz CT molecular complexity index is 378. The van der Waals surface area contributed by atoms with E-state index >= 15 is 0 Å². The standard InChI is InChI=1S/C12H11ClO/c13-12-4-2-1-3-10(12)7-11(8-14)9-5-6-9/h1-4,7-9H,5-6H2/b11-7+. The predicted octanol–water partition coefficient (Wildman–Crippen LogP) is 3.33. The molecular weight excluding hydrogens is 196 g/mol. The highest BCUT2D eigenvalue weighted by molar-refractivity contribution is 6.32. The van der Waals surface area contributed by atoms with Crippen LogP contribution in [0, 0.1) is 5.92 Å². The van der Waals surface area contributed by atoms with Crippen LogP contribution >= 0.6 is 11.6 Å². The van der Waals surface area contributed by atoms with Crippen molar-refractivity contribution in [1.29, 1.82) is 0 Å². The SMILES string of the molecule is O=C/C(=C\c1ccccc1Cl)C1CC1. The van der Waals surface area contributed by atoms with Gasteiger partial charge in [-0.3, -0.25) is 4.79 Å². The van der Waals surface area contributed by atoms with E-state index in [-0.39, 0.29) is 0 Å². The highest BCUT2D eigenvalue weighted by Gasteiger charge is 2.25. The second kappa shape index (κ2) is 3.97. The molecule has 0 unspecified atom stereocenters. The van der Waals surface area contributed by atoms with Crippen molar-refractivity contribution in [3.8, 4) is 0 Å². The van der Waals surface area contributed by atoms with Gasteiger partial charge in [0.25, 0.3) is 0 Å². The van der Waals surface area contributed by atoms with Gasteiger partial charge in [-0.25, -0.2) is 0 Å². The molecule has 0 saturated heterocycles. The van der Waals surface area contributed by atoms with Gasteiger partial charge in [0.15, 0.2) is 0 Å². The van der Waals surface area contributed by atoms with Crippen molar-refractivity contribution in [3.63, 3.8) is 0 Å². The van der Waals surface area contributed by atoms with E-state index in [1.807, 2.05) is 30.3 Å². The first-order valence-electron chi connectivity index (χ1n) is 4.72. The topological polar surface area (TPSA) is 17.1 Å². The summed E-state index contributed by atoms with van der Waals surface area (Å²) in [5, 5.41) is 0.701. The molecule has 1 saturated carbocycles. The molecule has 0 amide bonds. The average Bonchev–Trinajstić information content (AvgIpc) is 3.00. The van der Waals surface area contributed by atoms with E-state index in [0.717, 1.165) is 30.3 Å². The van der Waals surface area contributed by atoms with Gasteiger partial charge in [0.05, 0.1) is 0 Å². The van der Waals surface area contributed by atoms with E-state index in [9.17, 15) is 4.79 Å². The van der Waals surface area contributed by atoms with E-state index < -0.39 is 0 Å². The summed E-state index contributed by atoms with van der Waals surface area (Å²) in [4.78, 5) is 10.8. The molecule has 0 heterocycles. The Hall–Kier alpha value is -1.08. The van der Waals surface area contributed by atoms with Gasteiger partial charge in [0.1, 0.15) is 6.29 Å². The maximum Gasteiger partial charge on any atom is 0.146 e. The van der Waals surface area contributed by atoms with Gasteiger partial charge in [0, 0.05) is 5.02 Å². The average molecular weight is 207 g/mol. The summed E-state index contributed by atoms with van der Waals surface area (Å²) in [7, 11) is 0. The number of rotatable bonds is 3. The zero-order valence-electron chi connectivity index (χ0n) is 7.74. The second-order valence-corrected chi connectivity index (χ2v) is 3.97. The number of halogens is 1. The Kier molecular flexibility index (Phi) is 2.69. The number of hydrogen-bond acceptors (Lipinski definition) is 1. The van der Waals surface area contributed by atoms with Crippen molar-refractivity contribution in [1.82, 2.24) is 0 Å². The molecule has 0 radical (unpaired) electrons. The van der Waals surface area contributed by atoms with Crippen molar-refractivity contribution in [2.75, 3.05) is 0 Å². The van der Waals surface area contributed by atoms with Crippen molar-refractivity contribution >= 4 is 24.0 Å². The molecule has 2 heteroatoms. The van der Waals surface area contributed by atoms with E-state index in [2.05, 4.69) is 0 Å². The summed E-state index contributed by atoms with van der Waals surface area (Å²) in [6.07, 6.45) is 5.11. The lowest BCUT2D eigenvalue weighted by molar-refractivity contribution is -0.105. The van der Waals surface area contributed by atoms with Gasteiger partial charge in [-0.05, 0) is 42.0 Å². The lowest BCUT2D eigenvalue weighted by Gasteiger charge is -1.99. The van der Waals surface area contributed by atoms with Crippen LogP contribution in [0.3, 0.4) is 0 Å². The summed E-state index contributed by atoms with van der Waals surface area (Å²) in [6, 6.07) is 7.57. The molecular formula is C12H11ClO.